The highest BCUT2D eigenvalue weighted by atomic mass is 35.5. The van der Waals surface area contributed by atoms with E-state index < -0.39 is 0 Å². The van der Waals surface area contributed by atoms with Crippen molar-refractivity contribution in [1.82, 2.24) is 4.90 Å². The van der Waals surface area contributed by atoms with Gasteiger partial charge < -0.3 is 10.2 Å². The summed E-state index contributed by atoms with van der Waals surface area (Å²) in [6, 6.07) is 4.49. The number of hydrogen-bond acceptors (Lipinski definition) is 3. The van der Waals surface area contributed by atoms with Crippen molar-refractivity contribution in [2.45, 2.75) is 32.4 Å². The van der Waals surface area contributed by atoms with Gasteiger partial charge in [0.15, 0.2) is 0 Å². The van der Waals surface area contributed by atoms with E-state index in [0.29, 0.717) is 6.04 Å². The van der Waals surface area contributed by atoms with Crippen molar-refractivity contribution >= 4 is 24.8 Å². The molecule has 16 heavy (non-hydrogen) atoms. The first-order chi connectivity index (χ1) is 6.74. The third-order valence-corrected chi connectivity index (χ3v) is 2.81. The minimum Gasteiger partial charge on any atom is -0.465 e. The Labute approximate surface area is 109 Å². The lowest BCUT2D eigenvalue weighted by Gasteiger charge is -2.29. The Bertz CT molecular complexity index is 296. The first kappa shape index (κ1) is 15.8. The van der Waals surface area contributed by atoms with Crippen LogP contribution < -0.4 is 5.73 Å². The Morgan fingerprint density at radius 1 is 1.31 bits per heavy atom. The summed E-state index contributed by atoms with van der Waals surface area (Å²) in [4.78, 5) is 2.40. The number of hydrogen-bond donors (Lipinski definition) is 1. The van der Waals surface area contributed by atoms with Gasteiger partial charge in [0.1, 0.15) is 11.5 Å². The predicted octanol–water partition coefficient (Wildman–Crippen LogP) is 2.35. The van der Waals surface area contributed by atoms with E-state index >= 15 is 0 Å². The van der Waals surface area contributed by atoms with E-state index in [1.807, 2.05) is 13.0 Å². The van der Waals surface area contributed by atoms with Gasteiger partial charge in [-0.15, -0.1) is 24.8 Å². The summed E-state index contributed by atoms with van der Waals surface area (Å²) in [5.41, 5.74) is 5.84. The maximum absolute atomic E-state index is 5.84. The van der Waals surface area contributed by atoms with Crippen LogP contribution in [0.1, 0.15) is 24.4 Å². The van der Waals surface area contributed by atoms with Crippen LogP contribution in [0.3, 0.4) is 0 Å². The first-order valence-electron chi connectivity index (χ1n) is 5.27. The summed E-state index contributed by atoms with van der Waals surface area (Å²) in [6.07, 6.45) is 2.22. The van der Waals surface area contributed by atoms with Gasteiger partial charge in [0, 0.05) is 19.1 Å². The number of nitrogens with two attached hydrogens (primary N) is 1. The van der Waals surface area contributed by atoms with Gasteiger partial charge in [-0.3, -0.25) is 4.90 Å². The largest absolute Gasteiger partial charge is 0.465 e. The van der Waals surface area contributed by atoms with Gasteiger partial charge >= 0.3 is 0 Å². The second-order valence-electron chi connectivity index (χ2n) is 4.13. The molecule has 1 fully saturated rings. The number of aryl methyl sites for hydroxylation is 1. The summed E-state index contributed by atoms with van der Waals surface area (Å²) in [5.74, 6) is 2.06. The highest BCUT2D eigenvalue weighted by Crippen LogP contribution is 2.14. The number of likely N-dealkylation sites (tertiary alicyclic amines) is 1. The zero-order valence-corrected chi connectivity index (χ0v) is 11.1. The van der Waals surface area contributed by atoms with E-state index in [2.05, 4.69) is 11.0 Å². The van der Waals surface area contributed by atoms with Gasteiger partial charge in [-0.2, -0.15) is 0 Å². The second-order valence-corrected chi connectivity index (χ2v) is 4.13. The molecule has 1 aliphatic heterocycles. The summed E-state index contributed by atoms with van der Waals surface area (Å²) < 4.78 is 5.54. The number of halogens is 2. The molecule has 1 aromatic heterocycles. The zero-order chi connectivity index (χ0) is 9.97. The summed E-state index contributed by atoms with van der Waals surface area (Å²) in [7, 11) is 0. The van der Waals surface area contributed by atoms with E-state index in [-0.39, 0.29) is 24.8 Å². The molecule has 2 N–H and O–H groups in total. The molecule has 1 aromatic rings. The molecule has 2 rings (SSSR count). The third-order valence-electron chi connectivity index (χ3n) is 2.81. The molecule has 0 aromatic carbocycles. The monoisotopic (exact) mass is 266 g/mol. The highest BCUT2D eigenvalue weighted by Gasteiger charge is 2.16. The molecular formula is C11H20Cl2N2O. The van der Waals surface area contributed by atoms with Crippen LogP contribution in [0.5, 0.6) is 0 Å². The molecule has 1 saturated heterocycles. The van der Waals surface area contributed by atoms with Crippen LogP contribution in [-0.2, 0) is 6.54 Å². The lowest BCUT2D eigenvalue weighted by Crippen LogP contribution is -2.39. The Morgan fingerprint density at radius 3 is 2.44 bits per heavy atom. The highest BCUT2D eigenvalue weighted by molar-refractivity contribution is 5.85. The van der Waals surface area contributed by atoms with Crippen molar-refractivity contribution in [3.8, 4) is 0 Å². The quantitative estimate of drug-likeness (QED) is 0.894. The number of rotatable bonds is 2. The van der Waals surface area contributed by atoms with Crippen molar-refractivity contribution in [3.05, 3.63) is 23.7 Å². The molecule has 5 heteroatoms. The Kier molecular flexibility index (Phi) is 7.07. The molecule has 94 valence electrons. The van der Waals surface area contributed by atoms with Crippen LogP contribution >= 0.6 is 24.8 Å². The SMILES string of the molecule is Cc1ccc(CN2CCC(N)CC2)o1.Cl.Cl. The van der Waals surface area contributed by atoms with E-state index in [1.165, 1.54) is 0 Å². The standard InChI is InChI=1S/C11H18N2O.2ClH/c1-9-2-3-11(14-9)8-13-6-4-10(12)5-7-13;;/h2-3,10H,4-8,12H2,1H3;2*1H. The third kappa shape index (κ3) is 4.34. The average molecular weight is 267 g/mol. The van der Waals surface area contributed by atoms with Gasteiger partial charge in [0.05, 0.1) is 6.54 Å². The molecule has 3 nitrogen and oxygen atoms in total. The second kappa shape index (κ2) is 7.17. The maximum Gasteiger partial charge on any atom is 0.118 e. The average Bonchev–Trinajstić information content (AvgIpc) is 2.56. The minimum atomic E-state index is 0. The van der Waals surface area contributed by atoms with Gasteiger partial charge in [0.2, 0.25) is 0 Å². The number of furan rings is 1. The molecular weight excluding hydrogens is 247 g/mol. The van der Waals surface area contributed by atoms with Crippen molar-refractivity contribution in [3.63, 3.8) is 0 Å². The normalized spacial score (nSPS) is 17.6. The van der Waals surface area contributed by atoms with Crippen molar-refractivity contribution in [2.24, 2.45) is 5.73 Å². The molecule has 0 unspecified atom stereocenters. The molecule has 2 heterocycles. The van der Waals surface area contributed by atoms with Gasteiger partial charge in [-0.1, -0.05) is 0 Å². The van der Waals surface area contributed by atoms with Crippen molar-refractivity contribution in [1.29, 1.82) is 0 Å². The number of nitrogens with zero attached hydrogens (tertiary/aromatic N) is 1. The van der Waals surface area contributed by atoms with E-state index in [0.717, 1.165) is 44.0 Å². The fraction of sp³-hybridized carbons (Fsp3) is 0.636. The Balaban J connectivity index is 0.00000112. The number of piperidine rings is 1. The molecule has 0 aliphatic carbocycles. The zero-order valence-electron chi connectivity index (χ0n) is 9.52. The summed E-state index contributed by atoms with van der Waals surface area (Å²) in [6.45, 7) is 5.11. The molecule has 0 saturated carbocycles. The van der Waals surface area contributed by atoms with Crippen LogP contribution in [0.25, 0.3) is 0 Å². The minimum absolute atomic E-state index is 0. The van der Waals surface area contributed by atoms with Crippen LogP contribution in [-0.4, -0.2) is 24.0 Å². The Morgan fingerprint density at radius 2 is 1.94 bits per heavy atom. The van der Waals surface area contributed by atoms with Crippen LogP contribution in [0.15, 0.2) is 16.5 Å². The fourth-order valence-corrected chi connectivity index (χ4v) is 1.90. The lowest BCUT2D eigenvalue weighted by molar-refractivity contribution is 0.191. The molecule has 0 amide bonds. The fourth-order valence-electron chi connectivity index (χ4n) is 1.90. The topological polar surface area (TPSA) is 42.4 Å². The summed E-state index contributed by atoms with van der Waals surface area (Å²) in [5, 5.41) is 0. The van der Waals surface area contributed by atoms with Gasteiger partial charge in [0.25, 0.3) is 0 Å². The van der Waals surface area contributed by atoms with E-state index in [4.69, 9.17) is 10.2 Å². The van der Waals surface area contributed by atoms with Gasteiger partial charge in [-0.05, 0) is 31.9 Å². The smallest absolute Gasteiger partial charge is 0.118 e. The molecule has 0 bridgehead atoms. The van der Waals surface area contributed by atoms with Gasteiger partial charge in [-0.25, -0.2) is 0 Å². The van der Waals surface area contributed by atoms with Crippen molar-refractivity contribution < 1.29 is 4.42 Å². The van der Waals surface area contributed by atoms with E-state index in [1.54, 1.807) is 0 Å². The van der Waals surface area contributed by atoms with Crippen molar-refractivity contribution in [2.75, 3.05) is 13.1 Å². The molecule has 0 atom stereocenters. The predicted molar refractivity (Wildman–Crippen MR) is 70.4 cm³/mol. The van der Waals surface area contributed by atoms with E-state index in [9.17, 15) is 0 Å². The lowest BCUT2D eigenvalue weighted by atomic mass is 10.1. The first-order valence-corrected chi connectivity index (χ1v) is 5.27. The Hall–Kier alpha value is -0.220. The summed E-state index contributed by atoms with van der Waals surface area (Å²) >= 11 is 0. The van der Waals surface area contributed by atoms with Crippen LogP contribution in [0.4, 0.5) is 0 Å². The maximum atomic E-state index is 5.84. The molecule has 0 radical (unpaired) electrons. The van der Waals surface area contributed by atoms with Crippen LogP contribution in [0, 0.1) is 6.92 Å². The molecule has 1 aliphatic rings. The molecule has 0 spiro atoms. The van der Waals surface area contributed by atoms with Crippen LogP contribution in [0.2, 0.25) is 0 Å².